The smallest absolute Gasteiger partial charge is 0.219 e. The minimum Gasteiger partial charge on any atom is -0.359 e. The second-order valence-electron chi connectivity index (χ2n) is 4.99. The molecule has 0 unspecified atom stereocenters. The van der Waals surface area contributed by atoms with Gasteiger partial charge in [0.15, 0.2) is 0 Å². The van der Waals surface area contributed by atoms with Crippen LogP contribution in [0, 0.1) is 0 Å². The molecule has 0 atom stereocenters. The molecule has 0 saturated heterocycles. The average Bonchev–Trinajstić information content (AvgIpc) is 2.84. The molecule has 3 N–H and O–H groups in total. The van der Waals surface area contributed by atoms with E-state index in [0.717, 1.165) is 26.1 Å². The van der Waals surface area contributed by atoms with E-state index in [-0.39, 0.29) is 11.4 Å². The van der Waals surface area contributed by atoms with Gasteiger partial charge in [-0.1, -0.05) is 19.8 Å². The summed E-state index contributed by atoms with van der Waals surface area (Å²) < 4.78 is 0. The number of carbonyl (C=O) groups excluding carboxylic acids is 1. The predicted octanol–water partition coefficient (Wildman–Crippen LogP) is 1.11. The number of hydrogen-bond acceptors (Lipinski definition) is 3. The summed E-state index contributed by atoms with van der Waals surface area (Å²) in [4.78, 5) is 13.7. The summed E-state index contributed by atoms with van der Waals surface area (Å²) in [6.45, 7) is 4.96. The number of hydrogen-bond donors (Lipinski definition) is 2. The van der Waals surface area contributed by atoms with Gasteiger partial charge in [-0.05, 0) is 32.4 Å². The van der Waals surface area contributed by atoms with Crippen LogP contribution in [0.4, 0.5) is 0 Å². The van der Waals surface area contributed by atoms with Crippen molar-refractivity contribution in [2.45, 2.75) is 51.0 Å². The highest BCUT2D eigenvalue weighted by Gasteiger charge is 2.37. The minimum absolute atomic E-state index is 0.134. The quantitative estimate of drug-likeness (QED) is 0.702. The Morgan fingerprint density at radius 3 is 2.53 bits per heavy atom. The first-order chi connectivity index (χ1) is 8.18. The van der Waals surface area contributed by atoms with E-state index in [2.05, 4.69) is 17.1 Å². The zero-order valence-corrected chi connectivity index (χ0v) is 11.3. The number of likely N-dealkylation sites (N-methyl/N-ethyl adjacent to an activating group) is 1. The first kappa shape index (κ1) is 14.5. The van der Waals surface area contributed by atoms with Gasteiger partial charge in [0.1, 0.15) is 0 Å². The molecule has 0 aromatic heterocycles. The van der Waals surface area contributed by atoms with Crippen LogP contribution in [0.5, 0.6) is 0 Å². The molecular formula is C13H27N3O. The van der Waals surface area contributed by atoms with Crippen LogP contribution in [0.3, 0.4) is 0 Å². The van der Waals surface area contributed by atoms with Crippen LogP contribution < -0.4 is 11.1 Å². The molecule has 0 radical (unpaired) electrons. The fourth-order valence-corrected chi connectivity index (χ4v) is 2.97. The Hall–Kier alpha value is -0.610. The Kier molecular flexibility index (Phi) is 5.92. The lowest BCUT2D eigenvalue weighted by Gasteiger charge is -2.40. The van der Waals surface area contributed by atoms with Crippen LogP contribution in [-0.2, 0) is 4.79 Å². The van der Waals surface area contributed by atoms with Gasteiger partial charge in [-0.3, -0.25) is 9.69 Å². The number of nitrogens with zero attached hydrogens (tertiary/aromatic N) is 1. The first-order valence-corrected chi connectivity index (χ1v) is 6.84. The summed E-state index contributed by atoms with van der Waals surface area (Å²) >= 11 is 0. The molecule has 0 spiro atoms. The van der Waals surface area contributed by atoms with E-state index < -0.39 is 0 Å². The lowest BCUT2D eigenvalue weighted by molar-refractivity contribution is -0.120. The first-order valence-electron chi connectivity index (χ1n) is 6.84. The highest BCUT2D eigenvalue weighted by atomic mass is 16.1. The zero-order valence-electron chi connectivity index (χ0n) is 11.3. The van der Waals surface area contributed by atoms with Crippen LogP contribution in [0.2, 0.25) is 0 Å². The van der Waals surface area contributed by atoms with Crippen molar-refractivity contribution in [2.24, 2.45) is 5.73 Å². The maximum Gasteiger partial charge on any atom is 0.219 e. The monoisotopic (exact) mass is 241 g/mol. The lowest BCUT2D eigenvalue weighted by Crippen LogP contribution is -2.52. The van der Waals surface area contributed by atoms with Gasteiger partial charge in [0.05, 0.1) is 0 Å². The van der Waals surface area contributed by atoms with Crippen molar-refractivity contribution < 1.29 is 4.79 Å². The molecule has 4 nitrogen and oxygen atoms in total. The Labute approximate surface area is 105 Å². The van der Waals surface area contributed by atoms with Gasteiger partial charge >= 0.3 is 0 Å². The molecule has 1 aliphatic rings. The number of rotatable bonds is 7. The maximum atomic E-state index is 11.2. The Balaban J connectivity index is 2.44. The molecule has 100 valence electrons. The van der Waals surface area contributed by atoms with Crippen molar-refractivity contribution in [1.29, 1.82) is 0 Å². The molecule has 0 heterocycles. The third-order valence-electron chi connectivity index (χ3n) is 4.08. The molecule has 1 saturated carbocycles. The SMILES string of the molecule is CCN(CCCC(=O)NC)C1(CN)CCCC1. The van der Waals surface area contributed by atoms with Gasteiger partial charge in [-0.2, -0.15) is 0 Å². The molecular weight excluding hydrogens is 214 g/mol. The molecule has 1 amide bonds. The van der Waals surface area contributed by atoms with E-state index in [1.165, 1.54) is 25.7 Å². The van der Waals surface area contributed by atoms with Crippen molar-refractivity contribution in [3.63, 3.8) is 0 Å². The van der Waals surface area contributed by atoms with E-state index >= 15 is 0 Å². The number of amides is 1. The van der Waals surface area contributed by atoms with Gasteiger partial charge in [0.2, 0.25) is 5.91 Å². The van der Waals surface area contributed by atoms with Crippen LogP contribution in [0.1, 0.15) is 45.4 Å². The lowest BCUT2D eigenvalue weighted by atomic mass is 9.94. The summed E-state index contributed by atoms with van der Waals surface area (Å²) in [6, 6.07) is 0. The standard InChI is InChI=1S/C13H27N3O/c1-3-16(10-6-7-12(17)15-2)13(11-14)8-4-5-9-13/h3-11,14H2,1-2H3,(H,15,17). The molecule has 0 aliphatic heterocycles. The van der Waals surface area contributed by atoms with Crippen molar-refractivity contribution in [2.75, 3.05) is 26.7 Å². The minimum atomic E-state index is 0.134. The number of nitrogens with two attached hydrogens (primary N) is 1. The fraction of sp³-hybridized carbons (Fsp3) is 0.923. The Morgan fingerprint density at radius 2 is 2.06 bits per heavy atom. The Morgan fingerprint density at radius 1 is 1.41 bits per heavy atom. The largest absolute Gasteiger partial charge is 0.359 e. The van der Waals surface area contributed by atoms with Gasteiger partial charge in [-0.25, -0.2) is 0 Å². The van der Waals surface area contributed by atoms with E-state index in [1.807, 2.05) is 0 Å². The summed E-state index contributed by atoms with van der Waals surface area (Å²) in [5.41, 5.74) is 6.20. The van der Waals surface area contributed by atoms with Gasteiger partial charge in [0.25, 0.3) is 0 Å². The molecule has 1 aliphatic carbocycles. The highest BCUT2D eigenvalue weighted by molar-refractivity contribution is 5.75. The van der Waals surface area contributed by atoms with Crippen molar-refractivity contribution >= 4 is 5.91 Å². The van der Waals surface area contributed by atoms with Crippen LogP contribution >= 0.6 is 0 Å². The Bertz CT molecular complexity index is 237. The maximum absolute atomic E-state index is 11.2. The van der Waals surface area contributed by atoms with Crippen LogP contribution in [-0.4, -0.2) is 43.0 Å². The highest BCUT2D eigenvalue weighted by Crippen LogP contribution is 2.34. The third kappa shape index (κ3) is 3.68. The van der Waals surface area contributed by atoms with Crippen molar-refractivity contribution in [1.82, 2.24) is 10.2 Å². The van der Waals surface area contributed by atoms with Crippen LogP contribution in [0.15, 0.2) is 0 Å². The average molecular weight is 241 g/mol. The van der Waals surface area contributed by atoms with Crippen molar-refractivity contribution in [3.8, 4) is 0 Å². The molecule has 0 aromatic rings. The predicted molar refractivity (Wildman–Crippen MR) is 70.8 cm³/mol. The molecule has 0 bridgehead atoms. The summed E-state index contributed by atoms with van der Waals surface area (Å²) in [5.74, 6) is 0.134. The molecule has 1 rings (SSSR count). The molecule has 17 heavy (non-hydrogen) atoms. The fourth-order valence-electron chi connectivity index (χ4n) is 2.97. The summed E-state index contributed by atoms with van der Waals surface area (Å²) in [7, 11) is 1.69. The zero-order chi connectivity index (χ0) is 12.7. The van der Waals surface area contributed by atoms with E-state index in [1.54, 1.807) is 7.05 Å². The molecule has 0 aromatic carbocycles. The number of carbonyl (C=O) groups is 1. The number of nitrogens with one attached hydrogen (secondary N) is 1. The molecule has 1 fully saturated rings. The van der Waals surface area contributed by atoms with Gasteiger partial charge in [0, 0.05) is 25.6 Å². The van der Waals surface area contributed by atoms with E-state index in [4.69, 9.17) is 5.73 Å². The summed E-state index contributed by atoms with van der Waals surface area (Å²) in [6.07, 6.45) is 6.57. The van der Waals surface area contributed by atoms with E-state index in [0.29, 0.717) is 6.42 Å². The normalized spacial score (nSPS) is 18.6. The van der Waals surface area contributed by atoms with Crippen LogP contribution in [0.25, 0.3) is 0 Å². The topological polar surface area (TPSA) is 58.4 Å². The van der Waals surface area contributed by atoms with Crippen molar-refractivity contribution in [3.05, 3.63) is 0 Å². The third-order valence-corrected chi connectivity index (χ3v) is 4.08. The second-order valence-corrected chi connectivity index (χ2v) is 4.99. The van der Waals surface area contributed by atoms with Gasteiger partial charge in [-0.15, -0.1) is 0 Å². The second kappa shape index (κ2) is 6.97. The van der Waals surface area contributed by atoms with Gasteiger partial charge < -0.3 is 11.1 Å². The van der Waals surface area contributed by atoms with E-state index in [9.17, 15) is 4.79 Å². The molecule has 4 heteroatoms. The summed E-state index contributed by atoms with van der Waals surface area (Å²) in [5, 5.41) is 2.67.